The number of nitrogens with two attached hydrogens (primary N) is 1. The van der Waals surface area contributed by atoms with Crippen LogP contribution in [0.15, 0.2) is 42.7 Å². The molecule has 118 valence electrons. The van der Waals surface area contributed by atoms with Gasteiger partial charge in [-0.15, -0.1) is 0 Å². The maximum atomic E-state index is 13.3. The van der Waals surface area contributed by atoms with Gasteiger partial charge in [0.2, 0.25) is 0 Å². The van der Waals surface area contributed by atoms with Crippen molar-refractivity contribution in [2.75, 3.05) is 13.2 Å². The van der Waals surface area contributed by atoms with Gasteiger partial charge in [0, 0.05) is 24.5 Å². The van der Waals surface area contributed by atoms with Gasteiger partial charge in [-0.3, -0.25) is 4.98 Å². The Morgan fingerprint density at radius 1 is 1.23 bits per heavy atom. The zero-order valence-corrected chi connectivity index (χ0v) is 13.3. The molecule has 0 bridgehead atoms. The van der Waals surface area contributed by atoms with Gasteiger partial charge < -0.3 is 10.5 Å². The van der Waals surface area contributed by atoms with Gasteiger partial charge >= 0.3 is 0 Å². The topological polar surface area (TPSA) is 48.1 Å². The average Bonchev–Trinajstić information content (AvgIpc) is 2.52. The third-order valence-corrected chi connectivity index (χ3v) is 3.45. The Bertz CT molecular complexity index is 608. The third kappa shape index (κ3) is 4.28. The second-order valence-electron chi connectivity index (χ2n) is 6.38. The molecule has 2 N–H and O–H groups in total. The highest BCUT2D eigenvalue weighted by Crippen LogP contribution is 2.32. The first-order chi connectivity index (χ1) is 10.4. The number of hydrogen-bond donors (Lipinski definition) is 1. The molecule has 4 heteroatoms. The lowest BCUT2D eigenvalue weighted by molar-refractivity contribution is 0.201. The van der Waals surface area contributed by atoms with Gasteiger partial charge in [-0.05, 0) is 34.7 Å². The molecule has 1 atom stereocenters. The van der Waals surface area contributed by atoms with E-state index in [1.54, 1.807) is 6.20 Å². The predicted octanol–water partition coefficient (Wildman–Crippen LogP) is 3.72. The lowest BCUT2D eigenvalue weighted by Crippen LogP contribution is -2.22. The Morgan fingerprint density at radius 3 is 2.59 bits per heavy atom. The molecular weight excluding hydrogens is 279 g/mol. The molecule has 0 saturated carbocycles. The van der Waals surface area contributed by atoms with Crippen LogP contribution in [0.3, 0.4) is 0 Å². The van der Waals surface area contributed by atoms with E-state index in [-0.39, 0.29) is 18.6 Å². The number of hydrogen-bond acceptors (Lipinski definition) is 3. The molecule has 0 aliphatic heterocycles. The zero-order valence-electron chi connectivity index (χ0n) is 13.3. The normalized spacial score (nSPS) is 13.0. The summed E-state index contributed by atoms with van der Waals surface area (Å²) in [6.45, 7) is 6.34. The van der Waals surface area contributed by atoms with E-state index >= 15 is 0 Å². The monoisotopic (exact) mass is 302 g/mol. The molecule has 0 fully saturated rings. The highest BCUT2D eigenvalue weighted by atomic mass is 19.1. The molecule has 0 aliphatic carbocycles. The van der Waals surface area contributed by atoms with Crippen LogP contribution in [0.2, 0.25) is 0 Å². The van der Waals surface area contributed by atoms with E-state index in [1.165, 1.54) is 0 Å². The Labute approximate surface area is 131 Å². The number of halogens is 1. The van der Waals surface area contributed by atoms with Crippen LogP contribution in [0.5, 0.6) is 5.75 Å². The van der Waals surface area contributed by atoms with Gasteiger partial charge in [-0.25, -0.2) is 4.39 Å². The Hall–Kier alpha value is -1.94. The maximum absolute atomic E-state index is 13.3. The molecule has 2 rings (SSSR count). The first-order valence-corrected chi connectivity index (χ1v) is 7.43. The Kier molecular flexibility index (Phi) is 5.14. The van der Waals surface area contributed by atoms with Gasteiger partial charge in [0.25, 0.3) is 0 Å². The van der Waals surface area contributed by atoms with Gasteiger partial charge in [0.05, 0.1) is 0 Å². The van der Waals surface area contributed by atoms with Crippen LogP contribution in [0, 0.1) is 0 Å². The molecule has 0 unspecified atom stereocenters. The first kappa shape index (κ1) is 16.4. The second-order valence-corrected chi connectivity index (χ2v) is 6.38. The van der Waals surface area contributed by atoms with Crippen molar-refractivity contribution >= 4 is 0 Å². The summed E-state index contributed by atoms with van der Waals surface area (Å²) in [4.78, 5) is 4.15. The van der Waals surface area contributed by atoms with Crippen molar-refractivity contribution in [2.45, 2.75) is 32.4 Å². The minimum atomic E-state index is -1.15. The lowest BCUT2D eigenvalue weighted by atomic mass is 9.85. The number of aromatic nitrogens is 1. The molecular formula is C18H23FN2O. The lowest BCUT2D eigenvalue weighted by Gasteiger charge is -2.21. The van der Waals surface area contributed by atoms with Gasteiger partial charge in [-0.1, -0.05) is 32.9 Å². The van der Waals surface area contributed by atoms with Gasteiger partial charge in [-0.2, -0.15) is 0 Å². The van der Waals surface area contributed by atoms with Crippen LogP contribution in [-0.4, -0.2) is 24.3 Å². The molecule has 0 spiro atoms. The van der Waals surface area contributed by atoms with Crippen LogP contribution < -0.4 is 10.5 Å². The van der Waals surface area contributed by atoms with Crippen LogP contribution in [0.4, 0.5) is 4.39 Å². The fourth-order valence-electron chi connectivity index (χ4n) is 2.07. The summed E-state index contributed by atoms with van der Waals surface area (Å²) in [5, 5.41) is 0. The van der Waals surface area contributed by atoms with Crippen molar-refractivity contribution in [2.24, 2.45) is 5.73 Å². The summed E-state index contributed by atoms with van der Waals surface area (Å²) in [6, 6.07) is 9.89. The molecule has 22 heavy (non-hydrogen) atoms. The van der Waals surface area contributed by atoms with E-state index in [4.69, 9.17) is 10.5 Å². The fourth-order valence-corrected chi connectivity index (χ4v) is 2.07. The van der Waals surface area contributed by atoms with Crippen molar-refractivity contribution in [3.63, 3.8) is 0 Å². The van der Waals surface area contributed by atoms with Crippen molar-refractivity contribution < 1.29 is 9.13 Å². The maximum Gasteiger partial charge on any atom is 0.146 e. The molecule has 1 aromatic heterocycles. The second kappa shape index (κ2) is 6.88. The summed E-state index contributed by atoms with van der Waals surface area (Å²) in [5.74, 6) is 0.655. The minimum Gasteiger partial charge on any atom is -0.490 e. The molecule has 2 aromatic rings. The predicted molar refractivity (Wildman–Crippen MR) is 87.8 cm³/mol. The summed E-state index contributed by atoms with van der Waals surface area (Å²) < 4.78 is 18.9. The standard InChI is InChI=1S/C18H23FN2O/c1-18(2,3)15-7-14(13-5-4-6-21-11-13)8-17(9-15)22-12-16(19)10-20/h4-9,11,16H,10,12,20H2,1-3H3/t16-/m1/s1. The quantitative estimate of drug-likeness (QED) is 0.915. The Morgan fingerprint density at radius 2 is 2.00 bits per heavy atom. The van der Waals surface area contributed by atoms with Crippen molar-refractivity contribution in [1.82, 2.24) is 4.98 Å². The smallest absolute Gasteiger partial charge is 0.146 e. The number of nitrogens with zero attached hydrogens (tertiary/aromatic N) is 1. The number of ether oxygens (including phenoxy) is 1. The van der Waals surface area contributed by atoms with E-state index in [1.807, 2.05) is 30.5 Å². The minimum absolute atomic E-state index is 0.0285. The highest BCUT2D eigenvalue weighted by Gasteiger charge is 2.17. The molecule has 0 radical (unpaired) electrons. The first-order valence-electron chi connectivity index (χ1n) is 7.43. The summed E-state index contributed by atoms with van der Waals surface area (Å²) in [5.41, 5.74) is 8.42. The average molecular weight is 302 g/mol. The highest BCUT2D eigenvalue weighted by molar-refractivity contribution is 5.65. The Balaban J connectivity index is 2.37. The molecule has 0 aliphatic rings. The van der Waals surface area contributed by atoms with E-state index in [0.29, 0.717) is 5.75 Å². The summed E-state index contributed by atoms with van der Waals surface area (Å²) in [7, 11) is 0. The van der Waals surface area contributed by atoms with Crippen LogP contribution >= 0.6 is 0 Å². The fraction of sp³-hybridized carbons (Fsp3) is 0.389. The van der Waals surface area contributed by atoms with E-state index in [9.17, 15) is 4.39 Å². The molecule has 0 saturated heterocycles. The van der Waals surface area contributed by atoms with E-state index < -0.39 is 6.17 Å². The summed E-state index contributed by atoms with van der Waals surface area (Å²) in [6.07, 6.45) is 2.40. The molecule has 3 nitrogen and oxygen atoms in total. The van der Waals surface area contributed by atoms with Crippen LogP contribution in [0.25, 0.3) is 11.1 Å². The van der Waals surface area contributed by atoms with Crippen molar-refractivity contribution in [3.05, 3.63) is 48.3 Å². The van der Waals surface area contributed by atoms with Crippen molar-refractivity contribution in [3.8, 4) is 16.9 Å². The number of alkyl halides is 1. The number of rotatable bonds is 5. The van der Waals surface area contributed by atoms with Crippen molar-refractivity contribution in [1.29, 1.82) is 0 Å². The van der Waals surface area contributed by atoms with Gasteiger partial charge in [0.15, 0.2) is 0 Å². The summed E-state index contributed by atoms with van der Waals surface area (Å²) >= 11 is 0. The molecule has 0 amide bonds. The van der Waals surface area contributed by atoms with Crippen LogP contribution in [-0.2, 0) is 5.41 Å². The van der Waals surface area contributed by atoms with Crippen LogP contribution in [0.1, 0.15) is 26.3 Å². The van der Waals surface area contributed by atoms with E-state index in [2.05, 4.69) is 31.8 Å². The van der Waals surface area contributed by atoms with Gasteiger partial charge in [0.1, 0.15) is 18.5 Å². The largest absolute Gasteiger partial charge is 0.490 e. The molecule has 1 heterocycles. The van der Waals surface area contributed by atoms with E-state index in [0.717, 1.165) is 16.7 Å². The molecule has 1 aromatic carbocycles. The zero-order chi connectivity index (χ0) is 16.2. The SMILES string of the molecule is CC(C)(C)c1cc(OC[C@H](F)CN)cc(-c2cccnc2)c1. The third-order valence-electron chi connectivity index (χ3n) is 3.45. The number of benzene rings is 1. The number of pyridine rings is 1.